The molecule has 12 heavy (non-hydrogen) atoms. The van der Waals surface area contributed by atoms with Crippen LogP contribution in [-0.2, 0) is 4.79 Å². The van der Waals surface area contributed by atoms with E-state index in [2.05, 4.69) is 6.92 Å². The SMILES string of the molecule is CCCCC(C)(C)C(C)C(=O)O. The zero-order valence-electron chi connectivity index (χ0n) is 8.55. The molecule has 0 aliphatic heterocycles. The van der Waals surface area contributed by atoms with Gasteiger partial charge in [-0.15, -0.1) is 0 Å². The van der Waals surface area contributed by atoms with Gasteiger partial charge < -0.3 is 5.11 Å². The lowest BCUT2D eigenvalue weighted by atomic mass is 9.76. The van der Waals surface area contributed by atoms with E-state index < -0.39 is 5.97 Å². The highest BCUT2D eigenvalue weighted by molar-refractivity contribution is 5.70. The van der Waals surface area contributed by atoms with E-state index in [9.17, 15) is 4.79 Å². The van der Waals surface area contributed by atoms with Crippen LogP contribution in [-0.4, -0.2) is 11.1 Å². The van der Waals surface area contributed by atoms with E-state index in [1.54, 1.807) is 6.92 Å². The Balaban J connectivity index is 4.08. The third-order valence-corrected chi connectivity index (χ3v) is 2.72. The molecule has 0 rings (SSSR count). The first-order valence-electron chi connectivity index (χ1n) is 4.64. The average Bonchev–Trinajstić information content (AvgIpc) is 1.99. The lowest BCUT2D eigenvalue weighted by Crippen LogP contribution is -2.28. The van der Waals surface area contributed by atoms with E-state index in [0.29, 0.717) is 0 Å². The number of aliphatic carboxylic acids is 1. The summed E-state index contributed by atoms with van der Waals surface area (Å²) in [6.45, 7) is 7.97. The first-order valence-corrected chi connectivity index (χ1v) is 4.64. The summed E-state index contributed by atoms with van der Waals surface area (Å²) in [5, 5.41) is 8.82. The number of carboxylic acid groups (broad SMARTS) is 1. The Labute approximate surface area is 75.0 Å². The van der Waals surface area contributed by atoms with Crippen LogP contribution in [0.3, 0.4) is 0 Å². The molecule has 2 heteroatoms. The number of hydrogen-bond donors (Lipinski definition) is 1. The number of rotatable bonds is 5. The number of carbonyl (C=O) groups is 1. The van der Waals surface area contributed by atoms with Crippen LogP contribution < -0.4 is 0 Å². The van der Waals surface area contributed by atoms with Crippen molar-refractivity contribution in [1.29, 1.82) is 0 Å². The Kier molecular flexibility index (Phi) is 4.29. The number of carboxylic acids is 1. The minimum absolute atomic E-state index is 0.0676. The fourth-order valence-corrected chi connectivity index (χ4v) is 1.18. The molecule has 0 amide bonds. The smallest absolute Gasteiger partial charge is 0.306 e. The largest absolute Gasteiger partial charge is 0.481 e. The summed E-state index contributed by atoms with van der Waals surface area (Å²) in [5.74, 6) is -0.930. The molecule has 0 heterocycles. The molecule has 0 aromatic carbocycles. The molecule has 0 fully saturated rings. The summed E-state index contributed by atoms with van der Waals surface area (Å²) in [7, 11) is 0. The van der Waals surface area contributed by atoms with E-state index in [-0.39, 0.29) is 11.3 Å². The van der Waals surface area contributed by atoms with Crippen molar-refractivity contribution in [3.8, 4) is 0 Å². The van der Waals surface area contributed by atoms with Crippen molar-refractivity contribution in [3.05, 3.63) is 0 Å². The van der Waals surface area contributed by atoms with Gasteiger partial charge in [0.15, 0.2) is 0 Å². The Morgan fingerprint density at radius 2 is 2.00 bits per heavy atom. The molecule has 0 aromatic heterocycles. The monoisotopic (exact) mass is 172 g/mol. The van der Waals surface area contributed by atoms with Gasteiger partial charge in [-0.2, -0.15) is 0 Å². The standard InChI is InChI=1S/C10H20O2/c1-5-6-7-10(3,4)8(2)9(11)12/h8H,5-7H2,1-4H3,(H,11,12). The van der Waals surface area contributed by atoms with Crippen molar-refractivity contribution in [1.82, 2.24) is 0 Å². The second-order valence-corrected chi connectivity index (χ2v) is 4.15. The molecule has 1 atom stereocenters. The highest BCUT2D eigenvalue weighted by Gasteiger charge is 2.30. The molecule has 0 saturated heterocycles. The second kappa shape index (κ2) is 4.48. The Morgan fingerprint density at radius 3 is 2.33 bits per heavy atom. The first-order chi connectivity index (χ1) is 5.41. The fourth-order valence-electron chi connectivity index (χ4n) is 1.18. The molecular formula is C10H20O2. The topological polar surface area (TPSA) is 37.3 Å². The molecule has 0 aliphatic rings. The van der Waals surface area contributed by atoms with Crippen LogP contribution in [0, 0.1) is 11.3 Å². The number of hydrogen-bond acceptors (Lipinski definition) is 1. The average molecular weight is 172 g/mol. The van der Waals surface area contributed by atoms with Crippen molar-refractivity contribution in [3.63, 3.8) is 0 Å². The van der Waals surface area contributed by atoms with Gasteiger partial charge in [0.05, 0.1) is 5.92 Å². The molecule has 0 bridgehead atoms. The highest BCUT2D eigenvalue weighted by atomic mass is 16.4. The van der Waals surface area contributed by atoms with Crippen LogP contribution in [0.4, 0.5) is 0 Å². The van der Waals surface area contributed by atoms with Gasteiger partial charge in [0.1, 0.15) is 0 Å². The molecule has 0 spiro atoms. The van der Waals surface area contributed by atoms with Gasteiger partial charge in [0, 0.05) is 0 Å². The van der Waals surface area contributed by atoms with Crippen LogP contribution in [0.5, 0.6) is 0 Å². The van der Waals surface area contributed by atoms with Gasteiger partial charge in [-0.3, -0.25) is 4.79 Å². The Bertz CT molecular complexity index is 150. The molecular weight excluding hydrogens is 152 g/mol. The molecule has 1 unspecified atom stereocenters. The van der Waals surface area contributed by atoms with E-state index in [1.165, 1.54) is 0 Å². The van der Waals surface area contributed by atoms with E-state index in [4.69, 9.17) is 5.11 Å². The summed E-state index contributed by atoms with van der Waals surface area (Å²) in [4.78, 5) is 10.7. The highest BCUT2D eigenvalue weighted by Crippen LogP contribution is 2.32. The summed E-state index contributed by atoms with van der Waals surface area (Å²) < 4.78 is 0. The predicted octanol–water partition coefficient (Wildman–Crippen LogP) is 2.92. The summed E-state index contributed by atoms with van der Waals surface area (Å²) in [5.41, 5.74) is -0.0676. The van der Waals surface area contributed by atoms with Crippen LogP contribution >= 0.6 is 0 Å². The number of unbranched alkanes of at least 4 members (excludes halogenated alkanes) is 1. The van der Waals surface area contributed by atoms with Crippen molar-refractivity contribution in [2.75, 3.05) is 0 Å². The predicted molar refractivity (Wildman–Crippen MR) is 50.1 cm³/mol. The van der Waals surface area contributed by atoms with Crippen LogP contribution in [0.25, 0.3) is 0 Å². The first kappa shape index (κ1) is 11.5. The van der Waals surface area contributed by atoms with Crippen molar-refractivity contribution in [2.24, 2.45) is 11.3 Å². The summed E-state index contributed by atoms with van der Waals surface area (Å²) in [6, 6.07) is 0. The van der Waals surface area contributed by atoms with Crippen molar-refractivity contribution >= 4 is 5.97 Å². The minimum atomic E-state index is -0.684. The fraction of sp³-hybridized carbons (Fsp3) is 0.900. The minimum Gasteiger partial charge on any atom is -0.481 e. The maximum absolute atomic E-state index is 10.7. The third-order valence-electron chi connectivity index (χ3n) is 2.72. The van der Waals surface area contributed by atoms with Crippen molar-refractivity contribution in [2.45, 2.75) is 47.0 Å². The Morgan fingerprint density at radius 1 is 1.50 bits per heavy atom. The molecule has 0 saturated carbocycles. The third kappa shape index (κ3) is 3.24. The van der Waals surface area contributed by atoms with E-state index in [1.807, 2.05) is 13.8 Å². The maximum Gasteiger partial charge on any atom is 0.306 e. The van der Waals surface area contributed by atoms with Gasteiger partial charge in [0.2, 0.25) is 0 Å². The quantitative estimate of drug-likeness (QED) is 0.692. The van der Waals surface area contributed by atoms with E-state index in [0.717, 1.165) is 19.3 Å². The van der Waals surface area contributed by atoms with Gasteiger partial charge >= 0.3 is 5.97 Å². The lowest BCUT2D eigenvalue weighted by molar-refractivity contribution is -0.145. The van der Waals surface area contributed by atoms with Gasteiger partial charge in [-0.1, -0.05) is 40.5 Å². The van der Waals surface area contributed by atoms with Crippen LogP contribution in [0.15, 0.2) is 0 Å². The Hall–Kier alpha value is -0.530. The maximum atomic E-state index is 10.7. The van der Waals surface area contributed by atoms with Gasteiger partial charge in [-0.05, 0) is 11.8 Å². The lowest BCUT2D eigenvalue weighted by Gasteiger charge is -2.28. The zero-order chi connectivity index (χ0) is 9.78. The van der Waals surface area contributed by atoms with Crippen LogP contribution in [0.2, 0.25) is 0 Å². The molecule has 0 radical (unpaired) electrons. The molecule has 0 aliphatic carbocycles. The van der Waals surface area contributed by atoms with Crippen molar-refractivity contribution < 1.29 is 9.90 Å². The van der Waals surface area contributed by atoms with Gasteiger partial charge in [-0.25, -0.2) is 0 Å². The molecule has 1 N–H and O–H groups in total. The van der Waals surface area contributed by atoms with Gasteiger partial charge in [0.25, 0.3) is 0 Å². The summed E-state index contributed by atoms with van der Waals surface area (Å²) in [6.07, 6.45) is 3.25. The molecule has 0 aromatic rings. The van der Waals surface area contributed by atoms with E-state index >= 15 is 0 Å². The molecule has 2 nitrogen and oxygen atoms in total. The zero-order valence-corrected chi connectivity index (χ0v) is 8.55. The summed E-state index contributed by atoms with van der Waals surface area (Å²) >= 11 is 0. The normalized spacial score (nSPS) is 14.3. The second-order valence-electron chi connectivity index (χ2n) is 4.15. The molecule has 72 valence electrons. The van der Waals surface area contributed by atoms with Crippen LogP contribution in [0.1, 0.15) is 47.0 Å².